The average molecular weight is 439 g/mol. The summed E-state index contributed by atoms with van der Waals surface area (Å²) in [4.78, 5) is 12.6. The molecule has 1 N–H and O–H groups in total. The van der Waals surface area contributed by atoms with E-state index < -0.39 is 10.0 Å². The molecule has 0 saturated heterocycles. The van der Waals surface area contributed by atoms with E-state index in [9.17, 15) is 13.2 Å². The van der Waals surface area contributed by atoms with E-state index in [1.807, 2.05) is 43.3 Å². The van der Waals surface area contributed by atoms with Gasteiger partial charge in [-0.2, -0.15) is 0 Å². The average Bonchev–Trinajstić information content (AvgIpc) is 2.79. The van der Waals surface area contributed by atoms with Gasteiger partial charge in [-0.1, -0.05) is 30.3 Å². The van der Waals surface area contributed by atoms with E-state index in [1.165, 1.54) is 23.5 Å². The molecule has 1 amide bonds. The lowest BCUT2D eigenvalue weighted by Crippen LogP contribution is -2.28. The third-order valence-corrected chi connectivity index (χ3v) is 6.76. The number of anilines is 1. The van der Waals surface area contributed by atoms with Crippen LogP contribution in [0.1, 0.15) is 21.5 Å². The normalized spacial score (nSPS) is 11.1. The fourth-order valence-electron chi connectivity index (χ4n) is 3.13. The number of ether oxygens (including phenoxy) is 1. The van der Waals surface area contributed by atoms with Gasteiger partial charge < -0.3 is 10.1 Å². The van der Waals surface area contributed by atoms with Crippen LogP contribution in [-0.4, -0.2) is 35.0 Å². The molecule has 3 aromatic rings. The molecule has 0 unspecified atom stereocenters. The molecular weight excluding hydrogens is 412 g/mol. The van der Waals surface area contributed by atoms with E-state index >= 15 is 0 Å². The van der Waals surface area contributed by atoms with E-state index in [-0.39, 0.29) is 10.8 Å². The van der Waals surface area contributed by atoms with E-state index in [2.05, 4.69) is 5.32 Å². The Morgan fingerprint density at radius 3 is 2.39 bits per heavy atom. The van der Waals surface area contributed by atoms with Gasteiger partial charge in [0.25, 0.3) is 15.9 Å². The van der Waals surface area contributed by atoms with Crippen LogP contribution in [0.25, 0.3) is 0 Å². The summed E-state index contributed by atoms with van der Waals surface area (Å²) in [6.07, 6.45) is 0.657. The maximum atomic E-state index is 13.1. The Hall–Kier alpha value is -3.32. The second kappa shape index (κ2) is 9.66. The standard InChI is InChI=1S/C24H26N2O4S/c1-18-6-4-8-21(16-18)26(2)31(28,29)23-9-5-7-20(17-23)24(27)25-15-14-19-10-12-22(30-3)13-11-19/h4-13,16-17H,14-15H2,1-3H3,(H,25,27). The summed E-state index contributed by atoms with van der Waals surface area (Å²) in [5.41, 5.74) is 2.89. The largest absolute Gasteiger partial charge is 0.497 e. The molecule has 162 valence electrons. The number of carbonyl (C=O) groups excluding carboxylic acids is 1. The second-order valence-electron chi connectivity index (χ2n) is 7.19. The SMILES string of the molecule is COc1ccc(CCNC(=O)c2cccc(S(=O)(=O)N(C)c3cccc(C)c3)c2)cc1. The van der Waals surface area contributed by atoms with Gasteiger partial charge in [0.05, 0.1) is 17.7 Å². The topological polar surface area (TPSA) is 75.7 Å². The number of hydrogen-bond acceptors (Lipinski definition) is 4. The van der Waals surface area contributed by atoms with Gasteiger partial charge >= 0.3 is 0 Å². The first kappa shape index (κ1) is 22.4. The quantitative estimate of drug-likeness (QED) is 0.580. The van der Waals surface area contributed by atoms with Crippen molar-refractivity contribution in [2.45, 2.75) is 18.2 Å². The number of amides is 1. The van der Waals surface area contributed by atoms with Crippen molar-refractivity contribution >= 4 is 21.6 Å². The minimum atomic E-state index is -3.79. The van der Waals surface area contributed by atoms with Gasteiger partial charge in [-0.25, -0.2) is 8.42 Å². The number of methoxy groups -OCH3 is 1. The summed E-state index contributed by atoms with van der Waals surface area (Å²) >= 11 is 0. The summed E-state index contributed by atoms with van der Waals surface area (Å²) in [6, 6.07) is 21.0. The van der Waals surface area contributed by atoms with Gasteiger partial charge in [0.1, 0.15) is 5.75 Å². The Bertz CT molecular complexity index is 1160. The van der Waals surface area contributed by atoms with E-state index in [0.29, 0.717) is 24.2 Å². The first-order chi connectivity index (χ1) is 14.8. The lowest BCUT2D eigenvalue weighted by molar-refractivity contribution is 0.0954. The highest BCUT2D eigenvalue weighted by Gasteiger charge is 2.22. The minimum Gasteiger partial charge on any atom is -0.497 e. The zero-order valence-electron chi connectivity index (χ0n) is 17.8. The van der Waals surface area contributed by atoms with Crippen molar-refractivity contribution in [3.63, 3.8) is 0 Å². The fraction of sp³-hybridized carbons (Fsp3) is 0.208. The van der Waals surface area contributed by atoms with Crippen molar-refractivity contribution < 1.29 is 17.9 Å². The van der Waals surface area contributed by atoms with Gasteiger partial charge in [-0.15, -0.1) is 0 Å². The molecule has 6 nitrogen and oxygen atoms in total. The summed E-state index contributed by atoms with van der Waals surface area (Å²) in [5, 5.41) is 2.84. The molecule has 0 aromatic heterocycles. The van der Waals surface area contributed by atoms with Gasteiger partial charge in [0.2, 0.25) is 0 Å². The number of hydrogen-bond donors (Lipinski definition) is 1. The molecule has 0 fully saturated rings. The van der Waals surface area contributed by atoms with Gasteiger partial charge in [-0.3, -0.25) is 9.10 Å². The number of carbonyl (C=O) groups is 1. The van der Waals surface area contributed by atoms with Crippen molar-refractivity contribution in [1.82, 2.24) is 5.32 Å². The van der Waals surface area contributed by atoms with E-state index in [4.69, 9.17) is 4.74 Å². The molecular formula is C24H26N2O4S. The zero-order valence-corrected chi connectivity index (χ0v) is 18.6. The zero-order chi connectivity index (χ0) is 22.4. The van der Waals surface area contributed by atoms with Crippen molar-refractivity contribution in [3.8, 4) is 5.75 Å². The molecule has 3 aromatic carbocycles. The molecule has 31 heavy (non-hydrogen) atoms. The smallest absolute Gasteiger partial charge is 0.264 e. The van der Waals surface area contributed by atoms with Crippen LogP contribution < -0.4 is 14.4 Å². The monoisotopic (exact) mass is 438 g/mol. The molecule has 3 rings (SSSR count). The predicted molar refractivity (Wildman–Crippen MR) is 122 cm³/mol. The Morgan fingerprint density at radius 1 is 1.00 bits per heavy atom. The third-order valence-electron chi connectivity index (χ3n) is 4.98. The molecule has 0 radical (unpaired) electrons. The Labute approximate surface area is 183 Å². The highest BCUT2D eigenvalue weighted by molar-refractivity contribution is 7.92. The lowest BCUT2D eigenvalue weighted by Gasteiger charge is -2.20. The first-order valence-corrected chi connectivity index (χ1v) is 11.3. The fourth-order valence-corrected chi connectivity index (χ4v) is 4.37. The minimum absolute atomic E-state index is 0.0688. The Balaban J connectivity index is 1.68. The molecule has 0 spiro atoms. The van der Waals surface area contributed by atoms with Crippen LogP contribution in [0.2, 0.25) is 0 Å². The second-order valence-corrected chi connectivity index (χ2v) is 9.16. The van der Waals surface area contributed by atoms with Crippen LogP contribution in [0.4, 0.5) is 5.69 Å². The number of aryl methyl sites for hydroxylation is 1. The number of rotatable bonds is 8. The molecule has 0 aliphatic carbocycles. The van der Waals surface area contributed by atoms with Crippen molar-refractivity contribution in [2.75, 3.05) is 25.0 Å². The number of nitrogens with zero attached hydrogens (tertiary/aromatic N) is 1. The highest BCUT2D eigenvalue weighted by Crippen LogP contribution is 2.23. The van der Waals surface area contributed by atoms with E-state index in [1.54, 1.807) is 31.4 Å². The molecule has 7 heteroatoms. The van der Waals surface area contributed by atoms with Crippen LogP contribution in [0.3, 0.4) is 0 Å². The summed E-state index contributed by atoms with van der Waals surface area (Å²) in [6.45, 7) is 2.34. The molecule has 0 heterocycles. The highest BCUT2D eigenvalue weighted by atomic mass is 32.2. The third kappa shape index (κ3) is 5.44. The Kier molecular flexibility index (Phi) is 6.97. The van der Waals surface area contributed by atoms with Gasteiger partial charge in [-0.05, 0) is 66.9 Å². The Morgan fingerprint density at radius 2 is 1.71 bits per heavy atom. The van der Waals surface area contributed by atoms with Crippen molar-refractivity contribution in [3.05, 3.63) is 89.5 Å². The van der Waals surface area contributed by atoms with Gasteiger partial charge in [0.15, 0.2) is 0 Å². The number of benzene rings is 3. The maximum absolute atomic E-state index is 13.1. The van der Waals surface area contributed by atoms with Crippen LogP contribution in [-0.2, 0) is 16.4 Å². The molecule has 0 aliphatic heterocycles. The van der Waals surface area contributed by atoms with Crippen molar-refractivity contribution in [2.24, 2.45) is 0 Å². The molecule has 0 aliphatic rings. The first-order valence-electron chi connectivity index (χ1n) is 9.88. The molecule has 0 bridgehead atoms. The summed E-state index contributed by atoms with van der Waals surface area (Å²) in [7, 11) is -0.675. The van der Waals surface area contributed by atoms with Crippen molar-refractivity contribution in [1.29, 1.82) is 0 Å². The predicted octanol–water partition coefficient (Wildman–Crippen LogP) is 3.80. The van der Waals surface area contributed by atoms with Crippen LogP contribution in [0.5, 0.6) is 5.75 Å². The summed E-state index contributed by atoms with van der Waals surface area (Å²) in [5.74, 6) is 0.463. The number of nitrogens with one attached hydrogen (secondary N) is 1. The maximum Gasteiger partial charge on any atom is 0.264 e. The van der Waals surface area contributed by atoms with Crippen LogP contribution >= 0.6 is 0 Å². The molecule has 0 saturated carbocycles. The van der Waals surface area contributed by atoms with E-state index in [0.717, 1.165) is 16.9 Å². The van der Waals surface area contributed by atoms with Crippen LogP contribution in [0.15, 0.2) is 77.7 Å². The number of sulfonamides is 1. The molecule has 0 atom stereocenters. The van der Waals surface area contributed by atoms with Gasteiger partial charge in [0, 0.05) is 19.2 Å². The van der Waals surface area contributed by atoms with Crippen LogP contribution in [0, 0.1) is 6.92 Å². The summed E-state index contributed by atoms with van der Waals surface area (Å²) < 4.78 is 32.5. The lowest BCUT2D eigenvalue weighted by atomic mass is 10.1.